The Labute approximate surface area is 384 Å². The summed E-state index contributed by atoms with van der Waals surface area (Å²) < 4.78 is 32.2. The number of aliphatic hydroxyl groups excluding tert-OH is 2. The molecule has 0 bridgehead atoms. The van der Waals surface area contributed by atoms with Crippen molar-refractivity contribution in [3.05, 3.63) is 0 Å². The Bertz CT molecular complexity index is 1620. The zero-order valence-corrected chi connectivity index (χ0v) is 40.9. The molecule has 1 rings (SSSR count). The van der Waals surface area contributed by atoms with Crippen molar-refractivity contribution in [2.24, 2.45) is 74.9 Å². The van der Waals surface area contributed by atoms with Crippen molar-refractivity contribution >= 4 is 47.8 Å². The van der Waals surface area contributed by atoms with E-state index in [4.69, 9.17) is 28.4 Å². The quantitative estimate of drug-likeness (QED) is 0.121. The molecule has 9 atom stereocenters. The van der Waals surface area contributed by atoms with Crippen LogP contribution >= 0.6 is 0 Å². The van der Waals surface area contributed by atoms with Crippen LogP contribution in [0.3, 0.4) is 0 Å². The van der Waals surface area contributed by atoms with Crippen molar-refractivity contribution < 1.29 is 87.2 Å². The number of esters is 6. The highest BCUT2D eigenvalue weighted by Gasteiger charge is 2.46. The molecule has 1 aliphatic heterocycles. The molecule has 18 heteroatoms. The Morgan fingerprint density at radius 3 is 1.58 bits per heavy atom. The number of carboxylic acids is 2. The third-order valence-electron chi connectivity index (χ3n) is 12.1. The molecule has 0 amide bonds. The number of carbonyl (C=O) groups excluding carboxylic acids is 6. The molecule has 1 fully saturated rings. The van der Waals surface area contributed by atoms with E-state index in [9.17, 15) is 58.8 Å². The summed E-state index contributed by atoms with van der Waals surface area (Å²) in [6, 6.07) is 0. The molecule has 0 aromatic rings. The summed E-state index contributed by atoms with van der Waals surface area (Å²) in [4.78, 5) is 108. The lowest BCUT2D eigenvalue weighted by Crippen LogP contribution is -2.40. The van der Waals surface area contributed by atoms with Gasteiger partial charge in [0.25, 0.3) is 0 Å². The summed E-state index contributed by atoms with van der Waals surface area (Å²) in [5, 5.41) is 40.1. The highest BCUT2D eigenvalue weighted by Crippen LogP contribution is 2.42. The molecule has 0 spiro atoms. The lowest BCUT2D eigenvalue weighted by atomic mass is 9.70. The predicted molar refractivity (Wildman–Crippen MR) is 233 cm³/mol. The molecule has 4 N–H and O–H groups in total. The Hall–Kier alpha value is -4.32. The van der Waals surface area contributed by atoms with Gasteiger partial charge >= 0.3 is 47.8 Å². The number of ether oxygens (including phenoxy) is 6. The van der Waals surface area contributed by atoms with Gasteiger partial charge in [0.05, 0.1) is 46.8 Å². The normalized spacial score (nSPS) is 28.5. The minimum absolute atomic E-state index is 0.155. The molecule has 18 nitrogen and oxygen atoms in total. The van der Waals surface area contributed by atoms with Crippen molar-refractivity contribution in [1.82, 2.24) is 0 Å². The van der Waals surface area contributed by atoms with E-state index in [0.29, 0.717) is 0 Å². The molecule has 65 heavy (non-hydrogen) atoms. The lowest BCUT2D eigenvalue weighted by Gasteiger charge is -2.35. The van der Waals surface area contributed by atoms with Gasteiger partial charge in [-0.3, -0.25) is 38.4 Å². The fourth-order valence-corrected chi connectivity index (χ4v) is 8.53. The topological polar surface area (TPSA) is 273 Å². The van der Waals surface area contributed by atoms with Crippen LogP contribution in [0.2, 0.25) is 0 Å². The average molecular weight is 931 g/mol. The van der Waals surface area contributed by atoms with Gasteiger partial charge in [0.2, 0.25) is 0 Å². The van der Waals surface area contributed by atoms with Gasteiger partial charge in [-0.05, 0) is 80.0 Å². The fourth-order valence-electron chi connectivity index (χ4n) is 8.53. The molecule has 9 unspecified atom stereocenters. The van der Waals surface area contributed by atoms with Crippen LogP contribution in [0.5, 0.6) is 0 Å². The molecule has 0 aromatic carbocycles. The molecule has 1 aliphatic rings. The molecule has 0 aromatic heterocycles. The fraction of sp³-hybridized carbons (Fsp3) is 0.830. The van der Waals surface area contributed by atoms with Gasteiger partial charge in [0.15, 0.2) is 13.6 Å². The maximum atomic E-state index is 13.9. The number of aliphatic carboxylic acids is 2. The van der Waals surface area contributed by atoms with E-state index in [0.717, 1.165) is 0 Å². The molecule has 1 saturated heterocycles. The maximum Gasteiger partial charge on any atom is 0.313 e. The van der Waals surface area contributed by atoms with Crippen LogP contribution in [0.15, 0.2) is 0 Å². The average Bonchev–Trinajstić information content (AvgIpc) is 3.16. The van der Waals surface area contributed by atoms with Crippen molar-refractivity contribution in [1.29, 1.82) is 0 Å². The summed E-state index contributed by atoms with van der Waals surface area (Å²) in [5.41, 5.74) is -3.62. The number of aliphatic hydroxyl groups is 2. The third kappa shape index (κ3) is 20.0. The Morgan fingerprint density at radius 2 is 1.14 bits per heavy atom. The first-order chi connectivity index (χ1) is 29.8. The Kier molecular flexibility index (Phi) is 23.1. The Morgan fingerprint density at radius 1 is 0.662 bits per heavy atom. The molecular formula is C47H78O18. The summed E-state index contributed by atoms with van der Waals surface area (Å²) in [6.45, 7) is 18.8. The van der Waals surface area contributed by atoms with Gasteiger partial charge in [-0.1, -0.05) is 83.1 Å². The minimum Gasteiger partial charge on any atom is -0.481 e. The zero-order valence-electron chi connectivity index (χ0n) is 40.9. The zero-order chi connectivity index (χ0) is 50.2. The summed E-state index contributed by atoms with van der Waals surface area (Å²) >= 11 is 0. The number of carbonyl (C=O) groups is 8. The summed E-state index contributed by atoms with van der Waals surface area (Å²) in [7, 11) is 0. The number of cyclic esters (lactones) is 4. The van der Waals surface area contributed by atoms with Gasteiger partial charge in [0, 0.05) is 0 Å². The van der Waals surface area contributed by atoms with Crippen molar-refractivity contribution in [2.75, 3.05) is 40.0 Å². The molecule has 1 heterocycles. The largest absolute Gasteiger partial charge is 0.481 e. The molecule has 0 saturated carbocycles. The third-order valence-corrected chi connectivity index (χ3v) is 12.1. The van der Waals surface area contributed by atoms with Crippen molar-refractivity contribution in [2.45, 2.75) is 135 Å². The highest BCUT2D eigenvalue weighted by atomic mass is 16.6. The van der Waals surface area contributed by atoms with E-state index < -0.39 is 176 Å². The second-order valence-electron chi connectivity index (χ2n) is 21.6. The molecule has 374 valence electrons. The van der Waals surface area contributed by atoms with Crippen LogP contribution in [0.25, 0.3) is 0 Å². The van der Waals surface area contributed by atoms with Crippen LogP contribution in [0.4, 0.5) is 0 Å². The van der Waals surface area contributed by atoms with E-state index in [2.05, 4.69) is 0 Å². The Balaban J connectivity index is 3.93. The van der Waals surface area contributed by atoms with Gasteiger partial charge in [-0.2, -0.15) is 0 Å². The maximum absolute atomic E-state index is 13.9. The first kappa shape index (κ1) is 58.7. The van der Waals surface area contributed by atoms with Crippen molar-refractivity contribution in [3.63, 3.8) is 0 Å². The van der Waals surface area contributed by atoms with Crippen LogP contribution in [-0.4, -0.2) is 108 Å². The number of hydrogen-bond acceptors (Lipinski definition) is 16. The van der Waals surface area contributed by atoms with E-state index in [1.165, 1.54) is 6.92 Å². The first-order valence-corrected chi connectivity index (χ1v) is 22.5. The van der Waals surface area contributed by atoms with E-state index in [1.54, 1.807) is 41.5 Å². The molecule has 0 aliphatic carbocycles. The van der Waals surface area contributed by atoms with E-state index in [1.807, 2.05) is 41.5 Å². The van der Waals surface area contributed by atoms with Gasteiger partial charge in [-0.15, -0.1) is 0 Å². The van der Waals surface area contributed by atoms with Crippen LogP contribution < -0.4 is 0 Å². The number of hydrogen-bond donors (Lipinski definition) is 4. The van der Waals surface area contributed by atoms with Crippen LogP contribution in [-0.2, 0) is 66.8 Å². The number of rotatable bonds is 9. The number of carboxylic acid groups (broad SMARTS) is 2. The lowest BCUT2D eigenvalue weighted by molar-refractivity contribution is -0.171. The highest BCUT2D eigenvalue weighted by molar-refractivity contribution is 5.81. The predicted octanol–water partition coefficient (Wildman–Crippen LogP) is 5.81. The monoisotopic (exact) mass is 931 g/mol. The second-order valence-corrected chi connectivity index (χ2v) is 21.6. The SMILES string of the molecule is CC(C)C1CC(C)(C(=O)OCO)CC(C(=O)O)CC(CC(C)(C)C)C(=O)OCCOC(=O)C(CC(C)(C)C)C(C)C(C(=O)OCO)CC(C(=O)O)CC(C(C)(C)C)C(=O)OCCOC1=O. The van der Waals surface area contributed by atoms with Gasteiger partial charge in [-0.25, -0.2) is 0 Å². The van der Waals surface area contributed by atoms with Crippen LogP contribution in [0.1, 0.15) is 135 Å². The van der Waals surface area contributed by atoms with E-state index >= 15 is 0 Å². The van der Waals surface area contributed by atoms with Crippen molar-refractivity contribution in [3.8, 4) is 0 Å². The second kappa shape index (κ2) is 25.6. The summed E-state index contributed by atoms with van der Waals surface area (Å²) in [6.07, 6.45) is -1.38. The molecular weight excluding hydrogens is 852 g/mol. The van der Waals surface area contributed by atoms with Gasteiger partial charge < -0.3 is 48.8 Å². The standard InChI is InChI=1S/C47H78O18/c1-27(2)33-24-47(13,43(59)65-26-49)22-30(37(52)53)18-31(21-44(4,5)6)38(54)60-14-15-62-41(57)34(23-45(7,8)9)28(3)32(39(55)64-25-48)19-29(36(50)51)20-35(46(10,11)12)42(58)63-17-16-61-40(33)56/h27-35,48-49H,14-26H2,1-13H3,(H,50,51)(H,52,53). The smallest absolute Gasteiger partial charge is 0.313 e. The van der Waals surface area contributed by atoms with Crippen LogP contribution in [0, 0.1) is 74.9 Å². The van der Waals surface area contributed by atoms with Gasteiger partial charge in [0.1, 0.15) is 26.4 Å². The molecule has 0 radical (unpaired) electrons. The van der Waals surface area contributed by atoms with E-state index in [-0.39, 0.29) is 32.1 Å². The minimum atomic E-state index is -1.70. The summed E-state index contributed by atoms with van der Waals surface area (Å²) in [5.74, 6) is -17.3. The first-order valence-electron chi connectivity index (χ1n) is 22.5.